The highest BCUT2D eigenvalue weighted by molar-refractivity contribution is 7.99. The second-order valence-corrected chi connectivity index (χ2v) is 8.26. The number of pyridine rings is 1. The summed E-state index contributed by atoms with van der Waals surface area (Å²) in [6.45, 7) is 4.06. The number of hydrogen-bond acceptors (Lipinski definition) is 4. The highest BCUT2D eigenvalue weighted by Crippen LogP contribution is 2.26. The van der Waals surface area contributed by atoms with E-state index in [4.69, 9.17) is 4.74 Å². The van der Waals surface area contributed by atoms with Crippen LogP contribution in [0.3, 0.4) is 0 Å². The van der Waals surface area contributed by atoms with Crippen molar-refractivity contribution in [2.45, 2.75) is 30.4 Å². The number of rotatable bonds is 8. The molecular formula is C25H24FNO2S. The molecule has 0 fully saturated rings. The minimum Gasteiger partial charge on any atom is -0.459 e. The molecule has 0 bridgehead atoms. The second kappa shape index (κ2) is 10.7. The van der Waals surface area contributed by atoms with Gasteiger partial charge < -0.3 is 4.74 Å². The Morgan fingerprint density at radius 3 is 2.47 bits per heavy atom. The summed E-state index contributed by atoms with van der Waals surface area (Å²) in [7, 11) is 0. The zero-order chi connectivity index (χ0) is 21.3. The molecule has 3 rings (SSSR count). The first kappa shape index (κ1) is 21.8. The molecule has 1 aromatic heterocycles. The fourth-order valence-corrected chi connectivity index (χ4v) is 3.65. The maximum absolute atomic E-state index is 13.0. The molecule has 0 aliphatic carbocycles. The Labute approximate surface area is 181 Å². The van der Waals surface area contributed by atoms with Gasteiger partial charge in [-0.3, -0.25) is 4.79 Å². The first-order valence-corrected chi connectivity index (χ1v) is 10.6. The Morgan fingerprint density at radius 2 is 1.77 bits per heavy atom. The molecular weight excluding hydrogens is 397 g/mol. The Balaban J connectivity index is 1.61. The molecule has 0 saturated carbocycles. The fraction of sp³-hybridized carbons (Fsp3) is 0.200. The quantitative estimate of drug-likeness (QED) is 0.395. The predicted octanol–water partition coefficient (Wildman–Crippen LogP) is 6.40. The average molecular weight is 422 g/mol. The largest absolute Gasteiger partial charge is 0.459 e. The summed E-state index contributed by atoms with van der Waals surface area (Å²) < 4.78 is 18.6. The zero-order valence-corrected chi connectivity index (χ0v) is 17.8. The van der Waals surface area contributed by atoms with Gasteiger partial charge in [-0.15, -0.1) is 0 Å². The smallest absolute Gasteiger partial charge is 0.313 e. The van der Waals surface area contributed by atoms with Gasteiger partial charge in [0.25, 0.3) is 0 Å². The molecule has 0 N–H and O–H groups in total. The van der Waals surface area contributed by atoms with E-state index in [1.54, 1.807) is 23.9 Å². The lowest BCUT2D eigenvalue weighted by Gasteiger charge is -2.16. The Morgan fingerprint density at radius 1 is 1.03 bits per heavy atom. The van der Waals surface area contributed by atoms with Gasteiger partial charge >= 0.3 is 5.97 Å². The molecule has 5 heteroatoms. The minimum atomic E-state index is -0.392. The van der Waals surface area contributed by atoms with Gasteiger partial charge in [0.1, 0.15) is 17.5 Å². The Hall–Kier alpha value is -2.92. The van der Waals surface area contributed by atoms with Gasteiger partial charge in [-0.1, -0.05) is 74.2 Å². The molecule has 2 aromatic carbocycles. The maximum Gasteiger partial charge on any atom is 0.313 e. The van der Waals surface area contributed by atoms with E-state index in [0.717, 1.165) is 15.5 Å². The fourth-order valence-electron chi connectivity index (χ4n) is 2.81. The van der Waals surface area contributed by atoms with E-state index in [-0.39, 0.29) is 24.3 Å². The van der Waals surface area contributed by atoms with Gasteiger partial charge in [0.05, 0.1) is 11.6 Å². The number of nitrogens with zero attached hydrogens (tertiary/aromatic N) is 1. The number of carbonyl (C=O) groups excluding carboxylic acids is 1. The molecule has 0 spiro atoms. The van der Waals surface area contributed by atoms with Crippen LogP contribution in [0.15, 0.2) is 88.8 Å². The first-order valence-electron chi connectivity index (χ1n) is 9.80. The summed E-state index contributed by atoms with van der Waals surface area (Å²) in [5.41, 5.74) is 1.54. The van der Waals surface area contributed by atoms with E-state index >= 15 is 0 Å². The van der Waals surface area contributed by atoms with Gasteiger partial charge in [0.2, 0.25) is 0 Å². The lowest BCUT2D eigenvalue weighted by molar-refractivity contribution is -0.149. The second-order valence-electron chi connectivity index (χ2n) is 7.17. The van der Waals surface area contributed by atoms with Gasteiger partial charge in [0.15, 0.2) is 0 Å². The van der Waals surface area contributed by atoms with Crippen LogP contribution in [0.5, 0.6) is 0 Å². The molecule has 0 aliphatic heterocycles. The summed E-state index contributed by atoms with van der Waals surface area (Å²) in [6.07, 6.45) is 3.64. The molecule has 30 heavy (non-hydrogen) atoms. The Bertz CT molecular complexity index is 988. The molecule has 0 amide bonds. The predicted molar refractivity (Wildman–Crippen MR) is 118 cm³/mol. The number of hydrogen-bond donors (Lipinski definition) is 0. The highest BCUT2D eigenvalue weighted by atomic mass is 32.2. The minimum absolute atomic E-state index is 0.0714. The van der Waals surface area contributed by atoms with E-state index < -0.39 is 5.92 Å². The summed E-state index contributed by atoms with van der Waals surface area (Å²) in [5.74, 6) is -0.905. The van der Waals surface area contributed by atoms with E-state index in [9.17, 15) is 9.18 Å². The van der Waals surface area contributed by atoms with E-state index in [0.29, 0.717) is 5.69 Å². The van der Waals surface area contributed by atoms with Crippen molar-refractivity contribution in [3.05, 3.63) is 95.9 Å². The molecule has 0 saturated heterocycles. The molecule has 1 unspecified atom stereocenters. The van der Waals surface area contributed by atoms with Crippen LogP contribution in [0.25, 0.3) is 6.08 Å². The number of carbonyl (C=O) groups is 1. The third-order valence-electron chi connectivity index (χ3n) is 4.47. The molecule has 1 atom stereocenters. The van der Waals surface area contributed by atoms with Crippen LogP contribution in [0.4, 0.5) is 4.39 Å². The zero-order valence-electron chi connectivity index (χ0n) is 17.0. The Kier molecular flexibility index (Phi) is 7.80. The monoisotopic (exact) mass is 421 g/mol. The summed E-state index contributed by atoms with van der Waals surface area (Å²) in [5, 5.41) is 0.853. The van der Waals surface area contributed by atoms with Crippen LogP contribution in [0, 0.1) is 17.7 Å². The van der Waals surface area contributed by atoms with Gasteiger partial charge in [-0.25, -0.2) is 9.37 Å². The van der Waals surface area contributed by atoms with Crippen LogP contribution in [-0.2, 0) is 16.1 Å². The van der Waals surface area contributed by atoms with Crippen LogP contribution < -0.4 is 0 Å². The van der Waals surface area contributed by atoms with Crippen LogP contribution in [0.1, 0.15) is 25.1 Å². The van der Waals surface area contributed by atoms with E-state index in [1.165, 1.54) is 12.1 Å². The standard InChI is InChI=1S/C25H24FNO2S/c1-18(2)23(16-13-19-11-14-20(26)15-12-19)25(28)29-17-21-7-6-10-24(27-21)30-22-8-4-3-5-9-22/h3-16,18,23H,17H2,1-2H3/b16-13+. The van der Waals surface area contributed by atoms with Crippen LogP contribution in [0.2, 0.25) is 0 Å². The number of halogens is 1. The van der Waals surface area contributed by atoms with E-state index in [2.05, 4.69) is 4.98 Å². The molecule has 1 heterocycles. The SMILES string of the molecule is CC(C)C(/C=C/c1ccc(F)cc1)C(=O)OCc1cccc(Sc2ccccc2)n1. The van der Waals surface area contributed by atoms with Crippen molar-refractivity contribution in [1.29, 1.82) is 0 Å². The van der Waals surface area contributed by atoms with Crippen LogP contribution >= 0.6 is 11.8 Å². The maximum atomic E-state index is 13.0. The number of aromatic nitrogens is 1. The van der Waals surface area contributed by atoms with Gasteiger partial charge in [0, 0.05) is 4.90 Å². The van der Waals surface area contributed by atoms with Gasteiger partial charge in [-0.2, -0.15) is 0 Å². The molecule has 0 radical (unpaired) electrons. The summed E-state index contributed by atoms with van der Waals surface area (Å²) in [6, 6.07) is 21.8. The topological polar surface area (TPSA) is 39.2 Å². The highest BCUT2D eigenvalue weighted by Gasteiger charge is 2.21. The molecule has 3 aromatic rings. The van der Waals surface area contributed by atoms with Crippen molar-refractivity contribution in [3.8, 4) is 0 Å². The van der Waals surface area contributed by atoms with Crippen molar-refractivity contribution < 1.29 is 13.9 Å². The first-order chi connectivity index (χ1) is 14.5. The van der Waals surface area contributed by atoms with Crippen molar-refractivity contribution in [2.75, 3.05) is 0 Å². The lowest BCUT2D eigenvalue weighted by atomic mass is 9.95. The number of esters is 1. The van der Waals surface area contributed by atoms with Crippen molar-refractivity contribution in [2.24, 2.45) is 11.8 Å². The third kappa shape index (κ3) is 6.56. The third-order valence-corrected chi connectivity index (χ3v) is 5.41. The molecule has 0 aliphatic rings. The van der Waals surface area contributed by atoms with Gasteiger partial charge in [-0.05, 0) is 47.9 Å². The molecule has 3 nitrogen and oxygen atoms in total. The lowest BCUT2D eigenvalue weighted by Crippen LogP contribution is -2.21. The van der Waals surface area contributed by atoms with Crippen molar-refractivity contribution in [3.63, 3.8) is 0 Å². The van der Waals surface area contributed by atoms with Crippen molar-refractivity contribution >= 4 is 23.8 Å². The van der Waals surface area contributed by atoms with Crippen molar-refractivity contribution in [1.82, 2.24) is 4.98 Å². The number of benzene rings is 2. The normalized spacial score (nSPS) is 12.3. The average Bonchev–Trinajstić information content (AvgIpc) is 2.74. The molecule has 154 valence electrons. The summed E-state index contributed by atoms with van der Waals surface area (Å²) in [4.78, 5) is 18.3. The summed E-state index contributed by atoms with van der Waals surface area (Å²) >= 11 is 1.56. The number of ether oxygens (including phenoxy) is 1. The van der Waals surface area contributed by atoms with E-state index in [1.807, 2.05) is 74.5 Å². The van der Waals surface area contributed by atoms with Crippen LogP contribution in [-0.4, -0.2) is 11.0 Å².